The fourth-order valence-corrected chi connectivity index (χ4v) is 4.25. The molecule has 100 valence electrons. The van der Waals surface area contributed by atoms with Crippen LogP contribution in [-0.4, -0.2) is 25.3 Å². The number of nitrogens with one attached hydrogen (secondary N) is 1. The average molecular weight is 265 g/mol. The van der Waals surface area contributed by atoms with Crippen LogP contribution in [0.5, 0.6) is 0 Å². The lowest BCUT2D eigenvalue weighted by Crippen LogP contribution is -2.67. The molecule has 1 spiro atoms. The van der Waals surface area contributed by atoms with Crippen molar-refractivity contribution in [2.75, 3.05) is 13.2 Å². The minimum Gasteiger partial charge on any atom is -0.378 e. The van der Waals surface area contributed by atoms with Crippen LogP contribution in [0.15, 0.2) is 16.8 Å². The molecule has 1 N–H and O–H groups in total. The Balaban J connectivity index is 1.46. The molecule has 1 heterocycles. The molecule has 2 aliphatic rings. The van der Waals surface area contributed by atoms with Crippen molar-refractivity contribution in [2.24, 2.45) is 5.41 Å². The largest absolute Gasteiger partial charge is 0.378 e. The normalized spacial score (nSPS) is 28.9. The summed E-state index contributed by atoms with van der Waals surface area (Å²) in [7, 11) is 0. The van der Waals surface area contributed by atoms with Crippen molar-refractivity contribution in [3.63, 3.8) is 0 Å². The molecule has 0 bridgehead atoms. The van der Waals surface area contributed by atoms with Crippen LogP contribution in [0.4, 0.5) is 0 Å². The van der Waals surface area contributed by atoms with Crippen LogP contribution in [0.2, 0.25) is 0 Å². The van der Waals surface area contributed by atoms with Gasteiger partial charge in [0, 0.05) is 18.1 Å². The highest BCUT2D eigenvalue weighted by molar-refractivity contribution is 7.07. The second kappa shape index (κ2) is 5.32. The van der Waals surface area contributed by atoms with E-state index in [0.29, 0.717) is 17.6 Å². The van der Waals surface area contributed by atoms with Gasteiger partial charge in [0.15, 0.2) is 0 Å². The van der Waals surface area contributed by atoms with Gasteiger partial charge in [-0.05, 0) is 61.5 Å². The topological polar surface area (TPSA) is 21.3 Å². The molecule has 2 aliphatic carbocycles. The Morgan fingerprint density at radius 2 is 2.39 bits per heavy atom. The number of hydrogen-bond acceptors (Lipinski definition) is 3. The predicted octanol–water partition coefficient (Wildman–Crippen LogP) is 3.23. The maximum Gasteiger partial charge on any atom is 0.0661 e. The zero-order valence-electron chi connectivity index (χ0n) is 11.2. The summed E-state index contributed by atoms with van der Waals surface area (Å²) in [6.07, 6.45) is 7.05. The van der Waals surface area contributed by atoms with Crippen molar-refractivity contribution in [1.29, 1.82) is 0 Å². The van der Waals surface area contributed by atoms with Gasteiger partial charge in [-0.3, -0.25) is 0 Å². The van der Waals surface area contributed by atoms with E-state index in [4.69, 9.17) is 4.74 Å². The number of rotatable bonds is 6. The number of thiophene rings is 1. The van der Waals surface area contributed by atoms with E-state index in [1.54, 1.807) is 11.3 Å². The summed E-state index contributed by atoms with van der Waals surface area (Å²) in [5.41, 5.74) is 1.97. The van der Waals surface area contributed by atoms with Crippen LogP contribution in [0.25, 0.3) is 0 Å². The third kappa shape index (κ3) is 2.13. The van der Waals surface area contributed by atoms with Gasteiger partial charge in [-0.1, -0.05) is 6.42 Å². The van der Waals surface area contributed by atoms with E-state index in [0.717, 1.165) is 19.6 Å². The lowest BCUT2D eigenvalue weighted by atomic mass is 9.51. The first-order chi connectivity index (χ1) is 8.85. The average Bonchev–Trinajstić information content (AvgIpc) is 2.77. The fourth-order valence-electron chi connectivity index (χ4n) is 3.55. The fraction of sp³-hybridized carbons (Fsp3) is 0.733. The molecule has 1 aromatic rings. The van der Waals surface area contributed by atoms with Crippen LogP contribution in [0.1, 0.15) is 38.2 Å². The summed E-state index contributed by atoms with van der Waals surface area (Å²) in [5, 5.41) is 8.18. The maximum atomic E-state index is 5.88. The van der Waals surface area contributed by atoms with Crippen LogP contribution in [-0.2, 0) is 11.2 Å². The zero-order valence-corrected chi connectivity index (χ0v) is 12.0. The monoisotopic (exact) mass is 265 g/mol. The molecule has 3 rings (SSSR count). The lowest BCUT2D eigenvalue weighted by Gasteiger charge is -2.61. The highest BCUT2D eigenvalue weighted by Gasteiger charge is 2.58. The van der Waals surface area contributed by atoms with Gasteiger partial charge in [0.25, 0.3) is 0 Å². The first-order valence-corrected chi connectivity index (χ1v) is 8.15. The molecular weight excluding hydrogens is 242 g/mol. The van der Waals surface area contributed by atoms with E-state index >= 15 is 0 Å². The van der Waals surface area contributed by atoms with Crippen LogP contribution < -0.4 is 5.32 Å². The maximum absolute atomic E-state index is 5.88. The highest BCUT2D eigenvalue weighted by atomic mass is 32.1. The van der Waals surface area contributed by atoms with Gasteiger partial charge >= 0.3 is 0 Å². The van der Waals surface area contributed by atoms with Crippen molar-refractivity contribution in [3.05, 3.63) is 22.4 Å². The van der Waals surface area contributed by atoms with Gasteiger partial charge in [0.1, 0.15) is 0 Å². The molecule has 0 amide bonds. The molecule has 2 atom stereocenters. The zero-order chi connectivity index (χ0) is 12.4. The Morgan fingerprint density at radius 3 is 3.00 bits per heavy atom. The second-order valence-electron chi connectivity index (χ2n) is 5.65. The molecule has 0 radical (unpaired) electrons. The summed E-state index contributed by atoms with van der Waals surface area (Å²) in [5.74, 6) is 0. The van der Waals surface area contributed by atoms with Crippen molar-refractivity contribution in [3.8, 4) is 0 Å². The van der Waals surface area contributed by atoms with Crippen LogP contribution in [0, 0.1) is 5.41 Å². The predicted molar refractivity (Wildman–Crippen MR) is 76.1 cm³/mol. The summed E-state index contributed by atoms with van der Waals surface area (Å²) < 4.78 is 5.88. The standard InChI is InChI=1S/C15H23NOS/c1-2-17-14-10-13(15(14)6-3-7-15)16-8-4-12-5-9-18-11-12/h5,9,11,13-14,16H,2-4,6-8,10H2,1H3. The van der Waals surface area contributed by atoms with E-state index in [2.05, 4.69) is 29.1 Å². The van der Waals surface area contributed by atoms with E-state index < -0.39 is 0 Å². The summed E-state index contributed by atoms with van der Waals surface area (Å²) >= 11 is 1.79. The SMILES string of the molecule is CCOC1CC(NCCc2ccsc2)C12CCC2. The molecule has 3 heteroatoms. The van der Waals surface area contributed by atoms with E-state index in [-0.39, 0.29) is 0 Å². The molecule has 18 heavy (non-hydrogen) atoms. The van der Waals surface area contributed by atoms with Crippen LogP contribution >= 0.6 is 11.3 Å². The molecule has 2 saturated carbocycles. The Bertz CT molecular complexity index is 372. The van der Waals surface area contributed by atoms with Gasteiger partial charge in [-0.25, -0.2) is 0 Å². The molecule has 0 saturated heterocycles. The second-order valence-corrected chi connectivity index (χ2v) is 6.43. The Morgan fingerprint density at radius 1 is 1.50 bits per heavy atom. The summed E-state index contributed by atoms with van der Waals surface area (Å²) in [4.78, 5) is 0. The van der Waals surface area contributed by atoms with Gasteiger partial charge in [-0.2, -0.15) is 11.3 Å². The Labute approximate surface area is 114 Å². The van der Waals surface area contributed by atoms with E-state index in [1.165, 1.54) is 31.2 Å². The lowest BCUT2D eigenvalue weighted by molar-refractivity contribution is -0.172. The third-order valence-corrected chi connectivity index (χ3v) is 5.55. The van der Waals surface area contributed by atoms with Crippen molar-refractivity contribution in [2.45, 2.75) is 51.2 Å². The Kier molecular flexibility index (Phi) is 3.73. The first kappa shape index (κ1) is 12.6. The van der Waals surface area contributed by atoms with Crippen molar-refractivity contribution in [1.82, 2.24) is 5.32 Å². The van der Waals surface area contributed by atoms with Gasteiger partial charge in [0.05, 0.1) is 6.10 Å². The first-order valence-electron chi connectivity index (χ1n) is 7.21. The van der Waals surface area contributed by atoms with Crippen molar-refractivity contribution < 1.29 is 4.74 Å². The van der Waals surface area contributed by atoms with E-state index in [9.17, 15) is 0 Å². The molecule has 1 aromatic heterocycles. The van der Waals surface area contributed by atoms with Gasteiger partial charge in [0.2, 0.25) is 0 Å². The molecule has 0 aromatic carbocycles. The van der Waals surface area contributed by atoms with Gasteiger partial charge in [-0.15, -0.1) is 0 Å². The van der Waals surface area contributed by atoms with Crippen LogP contribution in [0.3, 0.4) is 0 Å². The molecule has 2 fully saturated rings. The quantitative estimate of drug-likeness (QED) is 0.852. The van der Waals surface area contributed by atoms with E-state index in [1.807, 2.05) is 0 Å². The number of hydrogen-bond donors (Lipinski definition) is 1. The third-order valence-electron chi connectivity index (χ3n) is 4.82. The molecule has 0 aliphatic heterocycles. The smallest absolute Gasteiger partial charge is 0.0661 e. The number of ether oxygens (including phenoxy) is 1. The Hall–Kier alpha value is -0.380. The van der Waals surface area contributed by atoms with Crippen molar-refractivity contribution >= 4 is 11.3 Å². The minimum atomic E-state index is 0.505. The van der Waals surface area contributed by atoms with Gasteiger partial charge < -0.3 is 10.1 Å². The minimum absolute atomic E-state index is 0.505. The molecular formula is C15H23NOS. The molecule has 2 unspecified atom stereocenters. The highest BCUT2D eigenvalue weighted by Crippen LogP contribution is 2.57. The summed E-state index contributed by atoms with van der Waals surface area (Å²) in [6, 6.07) is 2.94. The molecule has 2 nitrogen and oxygen atoms in total. The summed E-state index contributed by atoms with van der Waals surface area (Å²) in [6.45, 7) is 4.10.